The van der Waals surface area contributed by atoms with Gasteiger partial charge in [-0.1, -0.05) is 24.3 Å². The normalized spacial score (nSPS) is 10.6. The van der Waals surface area contributed by atoms with Crippen LogP contribution in [0.1, 0.15) is 18.1 Å². The molecule has 19 heavy (non-hydrogen) atoms. The molecule has 1 heterocycles. The van der Waals surface area contributed by atoms with E-state index in [0.29, 0.717) is 0 Å². The lowest BCUT2D eigenvalue weighted by atomic mass is 10.1. The number of aryl methyl sites for hydroxylation is 1. The predicted octanol–water partition coefficient (Wildman–Crippen LogP) is 2.64. The topological polar surface area (TPSA) is 33.0 Å². The second-order valence-corrected chi connectivity index (χ2v) is 4.43. The van der Waals surface area contributed by atoms with E-state index in [4.69, 9.17) is 0 Å². The zero-order valence-electron chi connectivity index (χ0n) is 11.1. The Kier molecular flexibility index (Phi) is 4.08. The number of pyridine rings is 1. The summed E-state index contributed by atoms with van der Waals surface area (Å²) in [6.45, 7) is 1.50. The van der Waals surface area contributed by atoms with Gasteiger partial charge in [-0.2, -0.15) is 0 Å². The molecule has 2 aromatic rings. The van der Waals surface area contributed by atoms with E-state index in [0.717, 1.165) is 16.8 Å². The van der Waals surface area contributed by atoms with Crippen molar-refractivity contribution in [3.05, 3.63) is 59.9 Å². The molecule has 0 fully saturated rings. The second kappa shape index (κ2) is 5.96. The number of amides is 1. The first kappa shape index (κ1) is 13.0. The zero-order chi connectivity index (χ0) is 13.7. The summed E-state index contributed by atoms with van der Waals surface area (Å²) in [7, 11) is 1.99. The lowest BCUT2D eigenvalue weighted by Crippen LogP contribution is -2.25. The second-order valence-electron chi connectivity index (χ2n) is 4.43. The molecule has 1 aromatic carbocycles. The highest BCUT2D eigenvalue weighted by atomic mass is 16.1. The van der Waals surface area contributed by atoms with Gasteiger partial charge in [0.1, 0.15) is 7.05 Å². The van der Waals surface area contributed by atoms with Crippen molar-refractivity contribution in [3.63, 3.8) is 0 Å². The van der Waals surface area contributed by atoms with Crippen LogP contribution >= 0.6 is 0 Å². The summed E-state index contributed by atoms with van der Waals surface area (Å²) in [6, 6.07) is 11.9. The summed E-state index contributed by atoms with van der Waals surface area (Å²) in [5.41, 5.74) is 3.07. The molecule has 1 aromatic heterocycles. The molecule has 3 heteroatoms. The molecule has 0 saturated heterocycles. The highest BCUT2D eigenvalue weighted by Crippen LogP contribution is 2.12. The Morgan fingerprint density at radius 3 is 2.05 bits per heavy atom. The summed E-state index contributed by atoms with van der Waals surface area (Å²) in [5.74, 6) is -0.0551. The molecule has 1 amide bonds. The van der Waals surface area contributed by atoms with Gasteiger partial charge in [0, 0.05) is 24.7 Å². The number of nitrogens with zero attached hydrogens (tertiary/aromatic N) is 1. The Morgan fingerprint density at radius 1 is 1.00 bits per heavy atom. The molecule has 0 atom stereocenters. The maximum Gasteiger partial charge on any atom is 0.221 e. The Bertz CT molecular complexity index is 583. The number of anilines is 1. The maximum atomic E-state index is 10.9. The van der Waals surface area contributed by atoms with Gasteiger partial charge < -0.3 is 5.32 Å². The molecule has 0 bridgehead atoms. The zero-order valence-corrected chi connectivity index (χ0v) is 11.1. The highest BCUT2D eigenvalue weighted by molar-refractivity contribution is 5.88. The quantitative estimate of drug-likeness (QED) is 0.838. The molecular formula is C16H17N2O+. The summed E-state index contributed by atoms with van der Waals surface area (Å²) in [4.78, 5) is 10.9. The van der Waals surface area contributed by atoms with Gasteiger partial charge >= 0.3 is 0 Å². The molecule has 0 saturated carbocycles. The Morgan fingerprint density at radius 2 is 1.53 bits per heavy atom. The van der Waals surface area contributed by atoms with Gasteiger partial charge in [0.15, 0.2) is 12.4 Å². The molecule has 0 aliphatic carbocycles. The minimum Gasteiger partial charge on any atom is -0.326 e. The van der Waals surface area contributed by atoms with E-state index in [1.54, 1.807) is 0 Å². The number of nitrogens with one attached hydrogen (secondary N) is 1. The van der Waals surface area contributed by atoms with Crippen LogP contribution in [0.3, 0.4) is 0 Å². The molecule has 3 nitrogen and oxygen atoms in total. The van der Waals surface area contributed by atoms with E-state index >= 15 is 0 Å². The fourth-order valence-electron chi connectivity index (χ4n) is 1.70. The van der Waals surface area contributed by atoms with Gasteiger partial charge in [0.25, 0.3) is 0 Å². The van der Waals surface area contributed by atoms with Crippen molar-refractivity contribution in [2.24, 2.45) is 7.05 Å². The van der Waals surface area contributed by atoms with E-state index in [9.17, 15) is 4.79 Å². The Hall–Kier alpha value is -2.42. The molecule has 96 valence electrons. The van der Waals surface area contributed by atoms with E-state index in [1.807, 2.05) is 54.3 Å². The smallest absolute Gasteiger partial charge is 0.221 e. The number of hydrogen-bond donors (Lipinski definition) is 1. The minimum atomic E-state index is -0.0551. The van der Waals surface area contributed by atoms with Crippen LogP contribution in [-0.4, -0.2) is 5.91 Å². The first-order valence-electron chi connectivity index (χ1n) is 6.14. The first-order valence-corrected chi connectivity index (χ1v) is 6.14. The molecule has 0 unspecified atom stereocenters. The predicted molar refractivity (Wildman–Crippen MR) is 77.3 cm³/mol. The lowest BCUT2D eigenvalue weighted by Gasteiger charge is -2.01. The standard InChI is InChI=1S/C16H16N2O/c1-13(19)17-16-7-5-14(6-8-16)3-4-15-9-11-18(2)12-10-15/h3-12H,1-2H3/p+1. The van der Waals surface area contributed by atoms with E-state index < -0.39 is 0 Å². The number of aromatic nitrogens is 1. The largest absolute Gasteiger partial charge is 0.326 e. The van der Waals surface area contributed by atoms with Crippen LogP contribution < -0.4 is 9.88 Å². The van der Waals surface area contributed by atoms with E-state index in [2.05, 4.69) is 23.5 Å². The third-order valence-electron chi connectivity index (χ3n) is 2.70. The molecule has 2 rings (SSSR count). The maximum absolute atomic E-state index is 10.9. The van der Waals surface area contributed by atoms with Gasteiger partial charge in [0.2, 0.25) is 5.91 Å². The molecule has 0 aliphatic rings. The minimum absolute atomic E-state index is 0.0551. The van der Waals surface area contributed by atoms with Gasteiger partial charge in [0.05, 0.1) is 0 Å². The van der Waals surface area contributed by atoms with Gasteiger partial charge in [-0.25, -0.2) is 4.57 Å². The number of carbonyl (C=O) groups is 1. The summed E-state index contributed by atoms with van der Waals surface area (Å²) in [5, 5.41) is 2.75. The third-order valence-corrected chi connectivity index (χ3v) is 2.70. The van der Waals surface area contributed by atoms with Crippen LogP contribution in [0.5, 0.6) is 0 Å². The van der Waals surface area contributed by atoms with E-state index in [1.165, 1.54) is 6.92 Å². The number of hydrogen-bond acceptors (Lipinski definition) is 1. The molecule has 0 spiro atoms. The van der Waals surface area contributed by atoms with Crippen molar-refractivity contribution >= 4 is 23.7 Å². The first-order chi connectivity index (χ1) is 9.13. The van der Waals surface area contributed by atoms with Gasteiger partial charge in [-0.15, -0.1) is 0 Å². The molecular weight excluding hydrogens is 236 g/mol. The average Bonchev–Trinajstić information content (AvgIpc) is 2.39. The fourth-order valence-corrected chi connectivity index (χ4v) is 1.70. The van der Waals surface area contributed by atoms with Crippen molar-refractivity contribution in [2.75, 3.05) is 5.32 Å². The van der Waals surface area contributed by atoms with Crippen LogP contribution in [-0.2, 0) is 11.8 Å². The van der Waals surface area contributed by atoms with Crippen LogP contribution in [0, 0.1) is 0 Å². The van der Waals surface area contributed by atoms with Crippen molar-refractivity contribution in [2.45, 2.75) is 6.92 Å². The number of benzene rings is 1. The van der Waals surface area contributed by atoms with Crippen molar-refractivity contribution in [1.29, 1.82) is 0 Å². The van der Waals surface area contributed by atoms with Crippen LogP contribution in [0.4, 0.5) is 5.69 Å². The lowest BCUT2D eigenvalue weighted by molar-refractivity contribution is -0.671. The van der Waals surface area contributed by atoms with Crippen LogP contribution in [0.25, 0.3) is 12.2 Å². The number of carbonyl (C=O) groups excluding carboxylic acids is 1. The van der Waals surface area contributed by atoms with Crippen molar-refractivity contribution < 1.29 is 9.36 Å². The Labute approximate surface area is 113 Å². The molecule has 1 N–H and O–H groups in total. The molecule has 0 aliphatic heterocycles. The SMILES string of the molecule is CC(=O)Nc1ccc(/C=C/c2cc[n+](C)cc2)cc1. The van der Waals surface area contributed by atoms with Gasteiger partial charge in [-0.05, 0) is 23.3 Å². The van der Waals surface area contributed by atoms with Crippen molar-refractivity contribution in [1.82, 2.24) is 0 Å². The van der Waals surface area contributed by atoms with E-state index in [-0.39, 0.29) is 5.91 Å². The average molecular weight is 253 g/mol. The summed E-state index contributed by atoms with van der Waals surface area (Å²) >= 11 is 0. The van der Waals surface area contributed by atoms with Crippen molar-refractivity contribution in [3.8, 4) is 0 Å². The highest BCUT2D eigenvalue weighted by Gasteiger charge is 1.95. The monoisotopic (exact) mass is 253 g/mol. The summed E-state index contributed by atoms with van der Waals surface area (Å²) < 4.78 is 2.00. The summed E-state index contributed by atoms with van der Waals surface area (Å²) in [6.07, 6.45) is 8.14. The van der Waals surface area contributed by atoms with Crippen LogP contribution in [0.2, 0.25) is 0 Å². The Balaban J connectivity index is 2.06. The third kappa shape index (κ3) is 4.07. The van der Waals surface area contributed by atoms with Gasteiger partial charge in [-0.3, -0.25) is 4.79 Å². The fraction of sp³-hybridized carbons (Fsp3) is 0.125. The molecule has 0 radical (unpaired) electrons. The number of rotatable bonds is 3. The van der Waals surface area contributed by atoms with Crippen LogP contribution in [0.15, 0.2) is 48.8 Å².